The van der Waals surface area contributed by atoms with E-state index in [-0.39, 0.29) is 11.7 Å². The van der Waals surface area contributed by atoms with Crippen molar-refractivity contribution in [3.05, 3.63) is 47.5 Å². The fourth-order valence-electron chi connectivity index (χ4n) is 3.00. The molecule has 0 radical (unpaired) electrons. The molecule has 1 aliphatic rings. The number of anilines is 1. The van der Waals surface area contributed by atoms with Crippen LogP contribution < -0.4 is 10.6 Å². The van der Waals surface area contributed by atoms with Crippen molar-refractivity contribution >= 4 is 11.5 Å². The second-order valence-corrected chi connectivity index (χ2v) is 5.57. The Kier molecular flexibility index (Phi) is 3.79. The Hall–Kier alpha value is -2.43. The predicted octanol–water partition coefficient (Wildman–Crippen LogP) is 3.08. The smallest absolute Gasteiger partial charge is 0.141 e. The lowest BCUT2D eigenvalue weighted by molar-refractivity contribution is 0.631. The molecule has 1 aromatic heterocycles. The van der Waals surface area contributed by atoms with Crippen molar-refractivity contribution in [2.45, 2.75) is 19.8 Å². The maximum absolute atomic E-state index is 14.3. The molecule has 0 bridgehead atoms. The summed E-state index contributed by atoms with van der Waals surface area (Å²) in [5.74, 6) is -0.327. The Labute approximate surface area is 129 Å². The highest BCUT2D eigenvalue weighted by atomic mass is 19.1. The Balaban J connectivity index is 2.23. The van der Waals surface area contributed by atoms with Crippen LogP contribution in [-0.4, -0.2) is 23.9 Å². The van der Waals surface area contributed by atoms with E-state index in [0.717, 1.165) is 37.2 Å². The first-order valence-corrected chi connectivity index (χ1v) is 7.44. The lowest BCUT2D eigenvalue weighted by Crippen LogP contribution is -2.22. The molecule has 0 saturated carbocycles. The van der Waals surface area contributed by atoms with E-state index in [0.29, 0.717) is 17.0 Å². The molecule has 0 amide bonds. The average molecular weight is 298 g/mol. The highest BCUT2D eigenvalue weighted by Crippen LogP contribution is 2.36. The zero-order valence-corrected chi connectivity index (χ0v) is 12.6. The lowest BCUT2D eigenvalue weighted by Gasteiger charge is -2.24. The molecule has 2 aromatic rings. The molecule has 4 nitrogen and oxygen atoms in total. The van der Waals surface area contributed by atoms with Crippen molar-refractivity contribution in [3.63, 3.8) is 0 Å². The van der Waals surface area contributed by atoms with Crippen molar-refractivity contribution in [2.24, 2.45) is 5.73 Å². The van der Waals surface area contributed by atoms with Crippen LogP contribution in [0.25, 0.3) is 11.1 Å². The fraction of sp³-hybridized carbons (Fsp3) is 0.294. The Bertz CT molecular complexity index is 721. The topological polar surface area (TPSA) is 66.0 Å². The van der Waals surface area contributed by atoms with Gasteiger partial charge in [0.1, 0.15) is 17.3 Å². The zero-order valence-electron chi connectivity index (χ0n) is 12.6. The third kappa shape index (κ3) is 2.54. The summed E-state index contributed by atoms with van der Waals surface area (Å²) in [4.78, 5) is 6.60. The number of amidine groups is 1. The third-order valence-electron chi connectivity index (χ3n) is 4.05. The van der Waals surface area contributed by atoms with Gasteiger partial charge < -0.3 is 10.6 Å². The number of hydrogen-bond donors (Lipinski definition) is 2. The van der Waals surface area contributed by atoms with Gasteiger partial charge in [0, 0.05) is 35.6 Å². The predicted molar refractivity (Wildman–Crippen MR) is 86.8 cm³/mol. The van der Waals surface area contributed by atoms with Crippen LogP contribution in [0.4, 0.5) is 10.1 Å². The molecular formula is C17H19FN4. The van der Waals surface area contributed by atoms with E-state index in [1.54, 1.807) is 12.1 Å². The minimum absolute atomic E-state index is 0.0661. The third-order valence-corrected chi connectivity index (χ3v) is 4.05. The SMILES string of the molecule is Cc1nc(C(=N)N)cc(N2CCCC2)c1-c1ccccc1F. The first-order chi connectivity index (χ1) is 10.6. The largest absolute Gasteiger partial charge is 0.382 e. The van der Waals surface area contributed by atoms with Crippen LogP contribution in [0.3, 0.4) is 0 Å². The number of nitrogens with two attached hydrogens (primary N) is 1. The number of nitrogens with one attached hydrogen (secondary N) is 1. The number of rotatable bonds is 3. The maximum Gasteiger partial charge on any atom is 0.141 e. The van der Waals surface area contributed by atoms with Gasteiger partial charge in [-0.25, -0.2) is 9.37 Å². The van der Waals surface area contributed by atoms with Crippen molar-refractivity contribution < 1.29 is 4.39 Å². The summed E-state index contributed by atoms with van der Waals surface area (Å²) < 4.78 is 14.3. The number of halogens is 1. The van der Waals surface area contributed by atoms with Gasteiger partial charge >= 0.3 is 0 Å². The van der Waals surface area contributed by atoms with Crippen molar-refractivity contribution in [3.8, 4) is 11.1 Å². The van der Waals surface area contributed by atoms with Crippen LogP contribution in [0.15, 0.2) is 30.3 Å². The molecule has 0 spiro atoms. The van der Waals surface area contributed by atoms with Gasteiger partial charge in [0.2, 0.25) is 0 Å². The Morgan fingerprint density at radius 3 is 2.59 bits per heavy atom. The molecule has 0 atom stereocenters. The van der Waals surface area contributed by atoms with E-state index in [1.807, 2.05) is 19.1 Å². The molecule has 1 fully saturated rings. The highest BCUT2D eigenvalue weighted by Gasteiger charge is 2.22. The number of nitrogen functional groups attached to an aromatic ring is 1. The standard InChI is InChI=1S/C17H19FN4/c1-11-16(12-6-2-3-7-13(12)18)15(22-8-4-5-9-22)10-14(21-11)17(19)20/h2-3,6-7,10H,4-5,8-9H2,1H3,(H3,19,20). The number of nitrogens with zero attached hydrogens (tertiary/aromatic N) is 2. The summed E-state index contributed by atoms with van der Waals surface area (Å²) in [6.07, 6.45) is 2.24. The number of hydrogen-bond acceptors (Lipinski definition) is 3. The maximum atomic E-state index is 14.3. The van der Waals surface area contributed by atoms with Gasteiger partial charge in [-0.05, 0) is 31.9 Å². The summed E-state index contributed by atoms with van der Waals surface area (Å²) in [7, 11) is 0. The molecule has 22 heavy (non-hydrogen) atoms. The first-order valence-electron chi connectivity index (χ1n) is 7.44. The van der Waals surface area contributed by atoms with Crippen LogP contribution in [0.5, 0.6) is 0 Å². The number of aromatic nitrogens is 1. The molecule has 5 heteroatoms. The van der Waals surface area contributed by atoms with E-state index >= 15 is 0 Å². The highest BCUT2D eigenvalue weighted by molar-refractivity contribution is 5.96. The number of benzene rings is 1. The van der Waals surface area contributed by atoms with E-state index in [1.165, 1.54) is 6.07 Å². The number of aryl methyl sites for hydroxylation is 1. The molecule has 0 aliphatic carbocycles. The Morgan fingerprint density at radius 1 is 1.27 bits per heavy atom. The molecule has 3 rings (SSSR count). The van der Waals surface area contributed by atoms with E-state index < -0.39 is 0 Å². The van der Waals surface area contributed by atoms with Crippen LogP contribution >= 0.6 is 0 Å². The van der Waals surface area contributed by atoms with Gasteiger partial charge in [0.05, 0.1) is 0 Å². The quantitative estimate of drug-likeness (QED) is 0.676. The second-order valence-electron chi connectivity index (χ2n) is 5.57. The van der Waals surface area contributed by atoms with Crippen LogP contribution in [0.2, 0.25) is 0 Å². The molecule has 3 N–H and O–H groups in total. The van der Waals surface area contributed by atoms with Gasteiger partial charge in [-0.2, -0.15) is 0 Å². The molecular weight excluding hydrogens is 279 g/mol. The van der Waals surface area contributed by atoms with E-state index in [4.69, 9.17) is 11.1 Å². The fourth-order valence-corrected chi connectivity index (χ4v) is 3.00. The summed E-state index contributed by atoms with van der Waals surface area (Å²) in [6.45, 7) is 3.71. The zero-order chi connectivity index (χ0) is 15.7. The van der Waals surface area contributed by atoms with Gasteiger partial charge in [-0.1, -0.05) is 18.2 Å². The Morgan fingerprint density at radius 2 is 1.95 bits per heavy atom. The van der Waals surface area contributed by atoms with Gasteiger partial charge in [-0.15, -0.1) is 0 Å². The van der Waals surface area contributed by atoms with Crippen molar-refractivity contribution in [1.29, 1.82) is 5.41 Å². The summed E-state index contributed by atoms with van der Waals surface area (Å²) in [5, 5.41) is 7.64. The van der Waals surface area contributed by atoms with Crippen LogP contribution in [0, 0.1) is 18.2 Å². The van der Waals surface area contributed by atoms with E-state index in [2.05, 4.69) is 9.88 Å². The molecule has 1 aliphatic heterocycles. The summed E-state index contributed by atoms with van der Waals surface area (Å²) in [5.41, 5.74) is 8.99. The van der Waals surface area contributed by atoms with Gasteiger partial charge in [0.25, 0.3) is 0 Å². The molecule has 1 saturated heterocycles. The molecule has 2 heterocycles. The summed E-state index contributed by atoms with van der Waals surface area (Å²) in [6, 6.07) is 8.54. The normalized spacial score (nSPS) is 14.4. The monoisotopic (exact) mass is 298 g/mol. The van der Waals surface area contributed by atoms with Gasteiger partial charge in [-0.3, -0.25) is 5.41 Å². The van der Waals surface area contributed by atoms with Crippen molar-refractivity contribution in [1.82, 2.24) is 4.98 Å². The number of pyridine rings is 1. The minimum atomic E-state index is -0.261. The molecule has 0 unspecified atom stereocenters. The van der Waals surface area contributed by atoms with Crippen LogP contribution in [0.1, 0.15) is 24.2 Å². The van der Waals surface area contributed by atoms with Gasteiger partial charge in [0.15, 0.2) is 0 Å². The second kappa shape index (κ2) is 5.75. The van der Waals surface area contributed by atoms with Crippen molar-refractivity contribution in [2.75, 3.05) is 18.0 Å². The molecule has 1 aromatic carbocycles. The minimum Gasteiger partial charge on any atom is -0.382 e. The van der Waals surface area contributed by atoms with Crippen LogP contribution in [-0.2, 0) is 0 Å². The lowest BCUT2D eigenvalue weighted by atomic mass is 10.00. The summed E-state index contributed by atoms with van der Waals surface area (Å²) >= 11 is 0. The average Bonchev–Trinajstić information content (AvgIpc) is 3.01. The molecule has 114 valence electrons. The first kappa shape index (κ1) is 14.5. The van der Waals surface area contributed by atoms with E-state index in [9.17, 15) is 4.39 Å².